The molecule has 1 fully saturated rings. The third-order valence-corrected chi connectivity index (χ3v) is 3.95. The first-order valence-electron chi connectivity index (χ1n) is 7.04. The number of non-ortho nitro benzene ring substituents is 1. The largest absolute Gasteiger partial charge is 0.338 e. The van der Waals surface area contributed by atoms with Gasteiger partial charge >= 0.3 is 0 Å². The third kappa shape index (κ3) is 3.05. The number of nitro benzene ring substituents is 2. The van der Waals surface area contributed by atoms with E-state index < -0.39 is 21.2 Å². The Morgan fingerprint density at radius 2 is 1.95 bits per heavy atom. The van der Waals surface area contributed by atoms with E-state index in [-0.39, 0.29) is 17.0 Å². The van der Waals surface area contributed by atoms with Gasteiger partial charge < -0.3 is 4.90 Å². The van der Waals surface area contributed by atoms with Crippen molar-refractivity contribution in [3.8, 4) is 0 Å². The fraction of sp³-hybridized carbons (Fsp3) is 0.500. The number of benzene rings is 1. The van der Waals surface area contributed by atoms with Crippen LogP contribution in [0.25, 0.3) is 0 Å². The van der Waals surface area contributed by atoms with E-state index >= 15 is 0 Å². The molecule has 22 heavy (non-hydrogen) atoms. The van der Waals surface area contributed by atoms with E-state index in [9.17, 15) is 25.0 Å². The van der Waals surface area contributed by atoms with Crippen LogP contribution in [0, 0.1) is 33.1 Å². The average Bonchev–Trinajstić information content (AvgIpc) is 2.46. The average molecular weight is 307 g/mol. The lowest BCUT2D eigenvalue weighted by molar-refractivity contribution is -0.394. The second-order valence-electron chi connectivity index (χ2n) is 5.65. The van der Waals surface area contributed by atoms with Gasteiger partial charge in [0.1, 0.15) is 0 Å². The fourth-order valence-electron chi connectivity index (χ4n) is 2.75. The van der Waals surface area contributed by atoms with Crippen molar-refractivity contribution in [3.63, 3.8) is 0 Å². The first kappa shape index (κ1) is 15.9. The van der Waals surface area contributed by atoms with Crippen LogP contribution >= 0.6 is 0 Å². The quantitative estimate of drug-likeness (QED) is 0.630. The highest BCUT2D eigenvalue weighted by molar-refractivity contribution is 5.97. The number of rotatable bonds is 3. The smallest absolute Gasteiger partial charge is 0.279 e. The van der Waals surface area contributed by atoms with Crippen molar-refractivity contribution in [2.75, 3.05) is 13.1 Å². The van der Waals surface area contributed by atoms with Crippen LogP contribution in [0.15, 0.2) is 12.1 Å². The molecule has 1 aromatic carbocycles. The summed E-state index contributed by atoms with van der Waals surface area (Å²) in [5.41, 5.74) is -0.637. The van der Waals surface area contributed by atoms with Crippen LogP contribution in [0.1, 0.15) is 35.7 Å². The standard InChI is InChI=1S/C14H17N3O5/c1-9-4-3-5-15(8-9)14(18)12-6-11(16(19)20)7-13(10(12)2)17(21)22/h6-7,9H,3-5,8H2,1-2H3. The first-order valence-corrected chi connectivity index (χ1v) is 7.04. The Kier molecular flexibility index (Phi) is 4.39. The van der Waals surface area contributed by atoms with Gasteiger partial charge in [-0.3, -0.25) is 25.0 Å². The summed E-state index contributed by atoms with van der Waals surface area (Å²) in [5, 5.41) is 22.0. The number of nitrogens with zero attached hydrogens (tertiary/aromatic N) is 3. The number of carbonyl (C=O) groups is 1. The second kappa shape index (κ2) is 6.08. The molecular weight excluding hydrogens is 290 g/mol. The Morgan fingerprint density at radius 3 is 2.50 bits per heavy atom. The number of carbonyl (C=O) groups excluding carboxylic acids is 1. The number of nitro groups is 2. The predicted octanol–water partition coefficient (Wildman–Crippen LogP) is 2.68. The minimum absolute atomic E-state index is 0.0370. The molecule has 1 saturated heterocycles. The van der Waals surface area contributed by atoms with Crippen molar-refractivity contribution in [1.82, 2.24) is 4.90 Å². The number of hydrogen-bond donors (Lipinski definition) is 0. The zero-order valence-electron chi connectivity index (χ0n) is 12.4. The minimum Gasteiger partial charge on any atom is -0.338 e. The summed E-state index contributed by atoms with van der Waals surface area (Å²) in [6.07, 6.45) is 1.89. The lowest BCUT2D eigenvalue weighted by Crippen LogP contribution is -2.39. The number of hydrogen-bond acceptors (Lipinski definition) is 5. The molecule has 1 amide bonds. The summed E-state index contributed by atoms with van der Waals surface area (Å²) in [5.74, 6) is -0.0254. The maximum Gasteiger partial charge on any atom is 0.279 e. The number of likely N-dealkylation sites (tertiary alicyclic amines) is 1. The van der Waals surface area contributed by atoms with E-state index in [4.69, 9.17) is 0 Å². The van der Waals surface area contributed by atoms with Gasteiger partial charge in [0.05, 0.1) is 21.5 Å². The van der Waals surface area contributed by atoms with Gasteiger partial charge in [-0.15, -0.1) is 0 Å². The van der Waals surface area contributed by atoms with Gasteiger partial charge in [-0.2, -0.15) is 0 Å². The van der Waals surface area contributed by atoms with Crippen molar-refractivity contribution >= 4 is 17.3 Å². The zero-order chi connectivity index (χ0) is 16.4. The highest BCUT2D eigenvalue weighted by atomic mass is 16.6. The van der Waals surface area contributed by atoms with E-state index in [0.29, 0.717) is 19.0 Å². The molecule has 1 aliphatic heterocycles. The van der Waals surface area contributed by atoms with Crippen molar-refractivity contribution in [3.05, 3.63) is 43.5 Å². The van der Waals surface area contributed by atoms with Gasteiger partial charge in [0.2, 0.25) is 0 Å². The molecule has 1 heterocycles. The van der Waals surface area contributed by atoms with Crippen LogP contribution in [0.5, 0.6) is 0 Å². The maximum atomic E-state index is 12.6. The number of piperidine rings is 1. The Balaban J connectivity index is 2.46. The lowest BCUT2D eigenvalue weighted by atomic mass is 9.98. The van der Waals surface area contributed by atoms with Crippen molar-refractivity contribution in [2.24, 2.45) is 5.92 Å². The van der Waals surface area contributed by atoms with Crippen molar-refractivity contribution in [2.45, 2.75) is 26.7 Å². The molecule has 8 nitrogen and oxygen atoms in total. The number of amides is 1. The van der Waals surface area contributed by atoms with Gasteiger partial charge in [-0.05, 0) is 25.7 Å². The van der Waals surface area contributed by atoms with Gasteiger partial charge in [0.15, 0.2) is 0 Å². The monoisotopic (exact) mass is 307 g/mol. The van der Waals surface area contributed by atoms with Gasteiger partial charge in [0, 0.05) is 24.7 Å². The Hall–Kier alpha value is -2.51. The Bertz CT molecular complexity index is 644. The van der Waals surface area contributed by atoms with Crippen LogP contribution < -0.4 is 0 Å². The summed E-state index contributed by atoms with van der Waals surface area (Å²) in [7, 11) is 0. The molecule has 0 N–H and O–H groups in total. The van der Waals surface area contributed by atoms with Crippen LogP contribution in [0.4, 0.5) is 11.4 Å². The summed E-state index contributed by atoms with van der Waals surface area (Å²) in [6, 6.07) is 2.02. The highest BCUT2D eigenvalue weighted by Gasteiger charge is 2.29. The summed E-state index contributed by atoms with van der Waals surface area (Å²) in [6.45, 7) is 4.61. The summed E-state index contributed by atoms with van der Waals surface area (Å²) >= 11 is 0. The SMILES string of the molecule is Cc1c(C(=O)N2CCCC(C)C2)cc([N+](=O)[O-])cc1[N+](=O)[O-]. The molecule has 2 rings (SSSR count). The summed E-state index contributed by atoms with van der Waals surface area (Å²) in [4.78, 5) is 34.8. The summed E-state index contributed by atoms with van der Waals surface area (Å²) < 4.78 is 0. The Morgan fingerprint density at radius 1 is 1.27 bits per heavy atom. The molecule has 0 radical (unpaired) electrons. The minimum atomic E-state index is -0.720. The predicted molar refractivity (Wildman–Crippen MR) is 78.8 cm³/mol. The molecule has 118 valence electrons. The van der Waals surface area contributed by atoms with Crippen LogP contribution in [0.3, 0.4) is 0 Å². The highest BCUT2D eigenvalue weighted by Crippen LogP contribution is 2.29. The van der Waals surface area contributed by atoms with Crippen molar-refractivity contribution < 1.29 is 14.6 Å². The molecule has 0 saturated carbocycles. The van der Waals surface area contributed by atoms with Crippen LogP contribution in [0.2, 0.25) is 0 Å². The van der Waals surface area contributed by atoms with Crippen molar-refractivity contribution in [1.29, 1.82) is 0 Å². The fourth-order valence-corrected chi connectivity index (χ4v) is 2.75. The van der Waals surface area contributed by atoms with E-state index in [0.717, 1.165) is 25.0 Å². The van der Waals surface area contributed by atoms with E-state index in [1.807, 2.05) is 6.92 Å². The van der Waals surface area contributed by atoms with E-state index in [1.54, 1.807) is 4.90 Å². The van der Waals surface area contributed by atoms with Gasteiger partial charge in [-0.1, -0.05) is 6.92 Å². The zero-order valence-corrected chi connectivity index (χ0v) is 12.4. The van der Waals surface area contributed by atoms with Crippen LogP contribution in [-0.4, -0.2) is 33.7 Å². The molecule has 1 aromatic rings. The molecular formula is C14H17N3O5. The second-order valence-corrected chi connectivity index (χ2v) is 5.65. The molecule has 1 aliphatic rings. The van der Waals surface area contributed by atoms with E-state index in [1.165, 1.54) is 6.92 Å². The Labute approximate surface area is 127 Å². The van der Waals surface area contributed by atoms with Gasteiger partial charge in [-0.25, -0.2) is 0 Å². The third-order valence-electron chi connectivity index (χ3n) is 3.95. The molecule has 8 heteroatoms. The molecule has 0 spiro atoms. The molecule has 0 aromatic heterocycles. The molecule has 1 atom stereocenters. The normalized spacial score (nSPS) is 18.1. The topological polar surface area (TPSA) is 107 Å². The lowest BCUT2D eigenvalue weighted by Gasteiger charge is -2.31. The maximum absolute atomic E-state index is 12.6. The van der Waals surface area contributed by atoms with Gasteiger partial charge in [0.25, 0.3) is 17.3 Å². The molecule has 0 bridgehead atoms. The van der Waals surface area contributed by atoms with E-state index in [2.05, 4.69) is 0 Å². The molecule has 0 aliphatic carbocycles. The first-order chi connectivity index (χ1) is 10.3. The van der Waals surface area contributed by atoms with Crippen LogP contribution in [-0.2, 0) is 0 Å². The molecule has 1 unspecified atom stereocenters.